The van der Waals surface area contributed by atoms with E-state index in [-0.39, 0.29) is 35.2 Å². The Hall–Kier alpha value is -2.88. The highest BCUT2D eigenvalue weighted by molar-refractivity contribution is 7.99. The first-order valence-electron chi connectivity index (χ1n) is 10.2. The molecule has 3 heterocycles. The molecule has 2 aromatic heterocycles. The second-order valence-electron chi connectivity index (χ2n) is 7.72. The van der Waals surface area contributed by atoms with Gasteiger partial charge in [-0.05, 0) is 37.0 Å². The Bertz CT molecular complexity index is 1240. The van der Waals surface area contributed by atoms with Gasteiger partial charge >= 0.3 is 5.69 Å². The maximum absolute atomic E-state index is 13.3. The quantitative estimate of drug-likeness (QED) is 0.559. The molecule has 1 aliphatic heterocycles. The van der Waals surface area contributed by atoms with Gasteiger partial charge in [0.1, 0.15) is 5.82 Å². The van der Waals surface area contributed by atoms with Gasteiger partial charge < -0.3 is 9.47 Å². The summed E-state index contributed by atoms with van der Waals surface area (Å²) in [6.07, 6.45) is 3.16. The van der Waals surface area contributed by atoms with Gasteiger partial charge in [-0.2, -0.15) is 0 Å². The normalized spacial score (nSPS) is 14.4. The van der Waals surface area contributed by atoms with Crippen LogP contribution in [0.25, 0.3) is 11.2 Å². The van der Waals surface area contributed by atoms with Crippen LogP contribution >= 0.6 is 11.8 Å². The molecule has 4 rings (SSSR count). The van der Waals surface area contributed by atoms with E-state index in [9.17, 15) is 18.8 Å². The number of rotatable bonds is 5. The van der Waals surface area contributed by atoms with Crippen molar-refractivity contribution in [3.63, 3.8) is 0 Å². The van der Waals surface area contributed by atoms with Crippen molar-refractivity contribution in [2.45, 2.75) is 31.0 Å². The van der Waals surface area contributed by atoms with E-state index in [2.05, 4.69) is 4.98 Å². The van der Waals surface area contributed by atoms with Gasteiger partial charge in [0.15, 0.2) is 16.3 Å². The molecule has 0 radical (unpaired) electrons. The minimum Gasteiger partial charge on any atom is -0.342 e. The van der Waals surface area contributed by atoms with Crippen LogP contribution in [0.3, 0.4) is 0 Å². The molecule has 1 amide bonds. The third kappa shape index (κ3) is 4.16. The summed E-state index contributed by atoms with van der Waals surface area (Å²) >= 11 is 1.25. The number of likely N-dealkylation sites (tertiary alicyclic amines) is 1. The van der Waals surface area contributed by atoms with Crippen molar-refractivity contribution in [2.75, 3.05) is 18.8 Å². The predicted octanol–water partition coefficient (Wildman–Crippen LogP) is 1.73. The molecule has 3 aromatic rings. The van der Waals surface area contributed by atoms with Gasteiger partial charge in [-0.3, -0.25) is 18.7 Å². The summed E-state index contributed by atoms with van der Waals surface area (Å²) in [7, 11) is 2.98. The van der Waals surface area contributed by atoms with Gasteiger partial charge in [-0.15, -0.1) is 0 Å². The average molecular weight is 446 g/mol. The lowest BCUT2D eigenvalue weighted by molar-refractivity contribution is -0.129. The zero-order valence-electron chi connectivity index (χ0n) is 17.5. The topological polar surface area (TPSA) is 82.1 Å². The molecule has 0 spiro atoms. The number of hydrogen-bond acceptors (Lipinski definition) is 5. The van der Waals surface area contributed by atoms with Crippen LogP contribution in [0, 0.1) is 5.82 Å². The van der Waals surface area contributed by atoms with E-state index in [0.29, 0.717) is 5.16 Å². The van der Waals surface area contributed by atoms with Crippen molar-refractivity contribution in [1.82, 2.24) is 23.6 Å². The number of imidazole rings is 1. The molecule has 1 aliphatic rings. The highest BCUT2D eigenvalue weighted by atomic mass is 32.2. The molecule has 164 valence electrons. The number of aromatic nitrogens is 4. The maximum atomic E-state index is 13.3. The first-order chi connectivity index (χ1) is 14.9. The van der Waals surface area contributed by atoms with E-state index in [4.69, 9.17) is 0 Å². The van der Waals surface area contributed by atoms with Crippen molar-refractivity contribution < 1.29 is 9.18 Å². The van der Waals surface area contributed by atoms with E-state index < -0.39 is 11.2 Å². The summed E-state index contributed by atoms with van der Waals surface area (Å²) in [6.45, 7) is 1.80. The molecule has 0 atom stereocenters. The molecule has 10 heteroatoms. The fourth-order valence-corrected chi connectivity index (χ4v) is 4.71. The van der Waals surface area contributed by atoms with Crippen molar-refractivity contribution in [3.8, 4) is 0 Å². The molecule has 0 saturated carbocycles. The van der Waals surface area contributed by atoms with Crippen LogP contribution in [0.15, 0.2) is 39.0 Å². The van der Waals surface area contributed by atoms with Crippen LogP contribution in [0.2, 0.25) is 0 Å². The van der Waals surface area contributed by atoms with Gasteiger partial charge in [0.2, 0.25) is 5.91 Å². The number of aryl methyl sites for hydroxylation is 1. The van der Waals surface area contributed by atoms with Gasteiger partial charge in [-0.25, -0.2) is 14.2 Å². The Labute approximate surface area is 182 Å². The molecular weight excluding hydrogens is 421 g/mol. The minimum absolute atomic E-state index is 0.0341. The predicted molar refractivity (Wildman–Crippen MR) is 117 cm³/mol. The van der Waals surface area contributed by atoms with E-state index in [1.807, 2.05) is 4.90 Å². The second-order valence-corrected chi connectivity index (χ2v) is 8.66. The SMILES string of the molecule is Cn1c(=O)c2c(nc(SCC(=O)N3CCCCC3)n2Cc2ccc(F)cc2)n(C)c1=O. The molecule has 1 aromatic carbocycles. The van der Waals surface area contributed by atoms with Crippen LogP contribution in [-0.4, -0.2) is 48.3 Å². The summed E-state index contributed by atoms with van der Waals surface area (Å²) < 4.78 is 17.4. The number of fused-ring (bicyclic) bond motifs is 1. The fourth-order valence-electron chi connectivity index (χ4n) is 3.82. The van der Waals surface area contributed by atoms with Crippen molar-refractivity contribution >= 4 is 28.8 Å². The Morgan fingerprint density at radius 2 is 1.74 bits per heavy atom. The Kier molecular flexibility index (Phi) is 5.99. The molecule has 1 saturated heterocycles. The number of carbonyl (C=O) groups is 1. The lowest BCUT2D eigenvalue weighted by Crippen LogP contribution is -2.37. The second kappa shape index (κ2) is 8.70. The third-order valence-electron chi connectivity index (χ3n) is 5.60. The molecule has 1 fully saturated rings. The number of amides is 1. The number of halogens is 1. The first kappa shape index (κ1) is 21.4. The molecule has 31 heavy (non-hydrogen) atoms. The Morgan fingerprint density at radius 3 is 2.42 bits per heavy atom. The van der Waals surface area contributed by atoms with E-state index in [0.717, 1.165) is 42.5 Å². The lowest BCUT2D eigenvalue weighted by Gasteiger charge is -2.26. The van der Waals surface area contributed by atoms with Crippen LogP contribution in [0.4, 0.5) is 4.39 Å². The number of carbonyl (C=O) groups excluding carboxylic acids is 1. The largest absolute Gasteiger partial charge is 0.342 e. The molecule has 0 unspecified atom stereocenters. The molecule has 0 aliphatic carbocycles. The molecular formula is C21H24FN5O3S. The summed E-state index contributed by atoms with van der Waals surface area (Å²) in [6, 6.07) is 5.99. The van der Waals surface area contributed by atoms with Crippen molar-refractivity contribution in [2.24, 2.45) is 14.1 Å². The minimum atomic E-state index is -0.468. The van der Waals surface area contributed by atoms with E-state index >= 15 is 0 Å². The Balaban J connectivity index is 1.74. The smallest absolute Gasteiger partial charge is 0.332 e. The van der Waals surface area contributed by atoms with Gasteiger partial charge in [0.25, 0.3) is 5.56 Å². The van der Waals surface area contributed by atoms with E-state index in [1.54, 1.807) is 23.7 Å². The number of thioether (sulfide) groups is 1. The average Bonchev–Trinajstić information content (AvgIpc) is 3.15. The van der Waals surface area contributed by atoms with Crippen LogP contribution in [0.5, 0.6) is 0 Å². The summed E-state index contributed by atoms with van der Waals surface area (Å²) in [4.78, 5) is 44.3. The monoisotopic (exact) mass is 445 g/mol. The third-order valence-corrected chi connectivity index (χ3v) is 6.56. The summed E-state index contributed by atoms with van der Waals surface area (Å²) in [5.74, 6) is -0.118. The zero-order valence-corrected chi connectivity index (χ0v) is 18.3. The fraction of sp³-hybridized carbons (Fsp3) is 0.429. The number of hydrogen-bond donors (Lipinski definition) is 0. The molecule has 0 N–H and O–H groups in total. The first-order valence-corrected chi connectivity index (χ1v) is 11.2. The van der Waals surface area contributed by atoms with Gasteiger partial charge in [0, 0.05) is 27.2 Å². The highest BCUT2D eigenvalue weighted by Gasteiger charge is 2.22. The molecule has 8 nitrogen and oxygen atoms in total. The van der Waals surface area contributed by atoms with Crippen LogP contribution in [-0.2, 0) is 25.4 Å². The van der Waals surface area contributed by atoms with Crippen LogP contribution < -0.4 is 11.2 Å². The number of piperidine rings is 1. The van der Waals surface area contributed by atoms with E-state index in [1.165, 1.54) is 35.5 Å². The number of benzene rings is 1. The van der Waals surface area contributed by atoms with Crippen molar-refractivity contribution in [1.29, 1.82) is 0 Å². The summed E-state index contributed by atoms with van der Waals surface area (Å²) in [5.41, 5.74) is 0.401. The molecule has 0 bridgehead atoms. The lowest BCUT2D eigenvalue weighted by atomic mass is 10.1. The van der Waals surface area contributed by atoms with Gasteiger partial charge in [0.05, 0.1) is 12.3 Å². The summed E-state index contributed by atoms with van der Waals surface area (Å²) in [5, 5.41) is 0.475. The number of nitrogens with zero attached hydrogens (tertiary/aromatic N) is 5. The Morgan fingerprint density at radius 1 is 1.06 bits per heavy atom. The van der Waals surface area contributed by atoms with Crippen molar-refractivity contribution in [3.05, 3.63) is 56.5 Å². The zero-order chi connectivity index (χ0) is 22.1. The maximum Gasteiger partial charge on any atom is 0.332 e. The highest BCUT2D eigenvalue weighted by Crippen LogP contribution is 2.24. The van der Waals surface area contributed by atoms with Crippen LogP contribution in [0.1, 0.15) is 24.8 Å². The van der Waals surface area contributed by atoms with Gasteiger partial charge in [-0.1, -0.05) is 23.9 Å². The standard InChI is InChI=1S/C21H24FN5O3S/c1-24-18-17(19(29)25(2)21(24)30)27(12-14-6-8-15(22)9-7-14)20(23-18)31-13-16(28)26-10-4-3-5-11-26/h6-9H,3-5,10-13H2,1-2H3.